The molecule has 21 heavy (non-hydrogen) atoms. The van der Waals surface area contributed by atoms with Gasteiger partial charge in [0, 0.05) is 12.1 Å². The fraction of sp³-hybridized carbons (Fsp3) is 0.692. The van der Waals surface area contributed by atoms with Crippen molar-refractivity contribution in [2.75, 3.05) is 6.61 Å². The van der Waals surface area contributed by atoms with E-state index in [-0.39, 0.29) is 29.3 Å². The average molecular weight is 315 g/mol. The lowest BCUT2D eigenvalue weighted by atomic mass is 10.0. The molecule has 8 heteroatoms. The topological polar surface area (TPSA) is 92.4 Å². The van der Waals surface area contributed by atoms with Gasteiger partial charge in [-0.15, -0.1) is 0 Å². The Hall–Kier alpha value is -1.41. The predicted octanol–water partition coefficient (Wildman–Crippen LogP) is 1.54. The molecule has 118 valence electrons. The van der Waals surface area contributed by atoms with Crippen LogP contribution in [-0.2, 0) is 14.8 Å². The van der Waals surface area contributed by atoms with E-state index >= 15 is 0 Å². The molecule has 0 radical (unpaired) electrons. The normalized spacial score (nSPS) is 24.0. The van der Waals surface area contributed by atoms with Crippen molar-refractivity contribution in [2.24, 2.45) is 0 Å². The average Bonchev–Trinajstić information content (AvgIpc) is 2.88. The number of H-pyrrole nitrogens is 1. The smallest absolute Gasteiger partial charge is 0.342 e. The zero-order valence-corrected chi connectivity index (χ0v) is 13.3. The van der Waals surface area contributed by atoms with E-state index in [1.54, 1.807) is 6.92 Å². The van der Waals surface area contributed by atoms with Crippen LogP contribution in [0.4, 0.5) is 0 Å². The van der Waals surface area contributed by atoms with Crippen LogP contribution in [0.25, 0.3) is 0 Å². The molecule has 1 N–H and O–H groups in total. The highest BCUT2D eigenvalue weighted by molar-refractivity contribution is 7.89. The van der Waals surface area contributed by atoms with Crippen LogP contribution in [-0.4, -0.2) is 47.6 Å². The molecule has 1 fully saturated rings. The first-order valence-electron chi connectivity index (χ1n) is 7.13. The molecule has 2 rings (SSSR count). The first-order chi connectivity index (χ1) is 9.89. The van der Waals surface area contributed by atoms with Gasteiger partial charge in [0.2, 0.25) is 0 Å². The number of piperidine rings is 1. The number of nitrogens with zero attached hydrogens (tertiary/aromatic N) is 2. The Morgan fingerprint density at radius 1 is 1.43 bits per heavy atom. The first-order valence-corrected chi connectivity index (χ1v) is 8.57. The van der Waals surface area contributed by atoms with Crippen molar-refractivity contribution in [3.05, 3.63) is 11.8 Å². The number of sulfonamides is 1. The fourth-order valence-electron chi connectivity index (χ4n) is 2.80. The van der Waals surface area contributed by atoms with Gasteiger partial charge in [-0.05, 0) is 33.6 Å². The van der Waals surface area contributed by atoms with Crippen molar-refractivity contribution in [3.63, 3.8) is 0 Å². The minimum absolute atomic E-state index is 0.0400. The van der Waals surface area contributed by atoms with Crippen molar-refractivity contribution in [2.45, 2.75) is 57.1 Å². The van der Waals surface area contributed by atoms with Crippen LogP contribution in [0.1, 0.15) is 50.4 Å². The maximum Gasteiger partial charge on any atom is 0.342 e. The molecule has 1 aromatic heterocycles. The van der Waals surface area contributed by atoms with E-state index < -0.39 is 16.0 Å². The number of hydrogen-bond donors (Lipinski definition) is 1. The molecule has 0 aliphatic carbocycles. The van der Waals surface area contributed by atoms with Crippen molar-refractivity contribution in [3.8, 4) is 0 Å². The number of esters is 1. The second-order valence-electron chi connectivity index (χ2n) is 5.30. The quantitative estimate of drug-likeness (QED) is 0.851. The highest BCUT2D eigenvalue weighted by Gasteiger charge is 2.39. The molecular formula is C13H21N3O4S. The van der Waals surface area contributed by atoms with E-state index in [1.807, 2.05) is 13.8 Å². The van der Waals surface area contributed by atoms with E-state index in [0.29, 0.717) is 0 Å². The lowest BCUT2D eigenvalue weighted by Crippen LogP contribution is -2.47. The summed E-state index contributed by atoms with van der Waals surface area (Å²) in [4.78, 5) is 11.9. The van der Waals surface area contributed by atoms with Crippen LogP contribution in [0, 0.1) is 0 Å². The third-order valence-corrected chi connectivity index (χ3v) is 5.85. The Morgan fingerprint density at radius 2 is 2.05 bits per heavy atom. The van der Waals surface area contributed by atoms with E-state index in [1.165, 1.54) is 10.5 Å². The Morgan fingerprint density at radius 3 is 2.62 bits per heavy atom. The molecule has 2 heterocycles. The monoisotopic (exact) mass is 315 g/mol. The van der Waals surface area contributed by atoms with Crippen molar-refractivity contribution >= 4 is 16.0 Å². The lowest BCUT2D eigenvalue weighted by molar-refractivity contribution is 0.0521. The van der Waals surface area contributed by atoms with E-state index in [4.69, 9.17) is 4.74 Å². The van der Waals surface area contributed by atoms with Crippen molar-refractivity contribution < 1.29 is 17.9 Å². The van der Waals surface area contributed by atoms with Gasteiger partial charge in [0.05, 0.1) is 12.8 Å². The van der Waals surface area contributed by atoms with Gasteiger partial charge >= 0.3 is 5.97 Å². The molecular weight excluding hydrogens is 294 g/mol. The van der Waals surface area contributed by atoms with Gasteiger partial charge in [0.1, 0.15) is 5.56 Å². The minimum atomic E-state index is -3.80. The second-order valence-corrected chi connectivity index (χ2v) is 7.08. The summed E-state index contributed by atoms with van der Waals surface area (Å²) in [6.07, 6.45) is 3.82. The van der Waals surface area contributed by atoms with Gasteiger partial charge in [-0.2, -0.15) is 9.40 Å². The Labute approximate surface area is 124 Å². The van der Waals surface area contributed by atoms with Crippen LogP contribution < -0.4 is 0 Å². The SMILES string of the molecule is CCOC(=O)c1cn[nH]c1S(=O)(=O)N1C(C)CCCC1C. The summed E-state index contributed by atoms with van der Waals surface area (Å²) in [6.45, 7) is 5.61. The van der Waals surface area contributed by atoms with Crippen LogP contribution >= 0.6 is 0 Å². The van der Waals surface area contributed by atoms with E-state index in [0.717, 1.165) is 19.3 Å². The number of aromatic amines is 1. The minimum Gasteiger partial charge on any atom is -0.462 e. The molecule has 0 spiro atoms. The zero-order chi connectivity index (χ0) is 15.6. The summed E-state index contributed by atoms with van der Waals surface area (Å²) in [5, 5.41) is 5.97. The molecule has 7 nitrogen and oxygen atoms in total. The molecule has 1 saturated heterocycles. The predicted molar refractivity (Wildman–Crippen MR) is 76.3 cm³/mol. The lowest BCUT2D eigenvalue weighted by Gasteiger charge is -2.37. The number of ether oxygens (including phenoxy) is 1. The van der Waals surface area contributed by atoms with E-state index in [9.17, 15) is 13.2 Å². The number of carbonyl (C=O) groups is 1. The molecule has 0 amide bonds. The largest absolute Gasteiger partial charge is 0.462 e. The number of rotatable bonds is 4. The highest BCUT2D eigenvalue weighted by Crippen LogP contribution is 2.30. The van der Waals surface area contributed by atoms with Crippen LogP contribution in [0.2, 0.25) is 0 Å². The third-order valence-electron chi connectivity index (χ3n) is 3.75. The highest BCUT2D eigenvalue weighted by atomic mass is 32.2. The Bertz CT molecular complexity index is 601. The molecule has 1 aromatic rings. The van der Waals surface area contributed by atoms with Crippen molar-refractivity contribution in [1.29, 1.82) is 0 Å². The number of carbonyl (C=O) groups excluding carboxylic acids is 1. The fourth-order valence-corrected chi connectivity index (χ4v) is 4.75. The summed E-state index contributed by atoms with van der Waals surface area (Å²) in [7, 11) is -3.80. The third kappa shape index (κ3) is 2.96. The van der Waals surface area contributed by atoms with Gasteiger partial charge in [-0.25, -0.2) is 13.2 Å². The summed E-state index contributed by atoms with van der Waals surface area (Å²) >= 11 is 0. The molecule has 0 aromatic carbocycles. The Kier molecular flexibility index (Phi) is 4.67. The first kappa shape index (κ1) is 16.0. The molecule has 0 bridgehead atoms. The van der Waals surface area contributed by atoms with Gasteiger partial charge in [0.25, 0.3) is 10.0 Å². The summed E-state index contributed by atoms with van der Waals surface area (Å²) in [5.41, 5.74) is -0.0400. The molecule has 0 saturated carbocycles. The number of hydrogen-bond acceptors (Lipinski definition) is 5. The van der Waals surface area contributed by atoms with Crippen LogP contribution in [0.3, 0.4) is 0 Å². The summed E-state index contributed by atoms with van der Waals surface area (Å²) in [5.74, 6) is -0.679. The van der Waals surface area contributed by atoms with Gasteiger partial charge in [0.15, 0.2) is 5.03 Å². The summed E-state index contributed by atoms with van der Waals surface area (Å²) < 4.78 is 32.0. The zero-order valence-electron chi connectivity index (χ0n) is 12.5. The second kappa shape index (κ2) is 6.15. The molecule has 2 atom stereocenters. The van der Waals surface area contributed by atoms with Gasteiger partial charge in [-0.1, -0.05) is 6.42 Å². The number of nitrogens with one attached hydrogen (secondary N) is 1. The van der Waals surface area contributed by atoms with Crippen LogP contribution in [0.15, 0.2) is 11.2 Å². The summed E-state index contributed by atoms with van der Waals surface area (Å²) in [6, 6.07) is -0.200. The number of aromatic nitrogens is 2. The Balaban J connectivity index is 2.40. The van der Waals surface area contributed by atoms with Crippen molar-refractivity contribution in [1.82, 2.24) is 14.5 Å². The molecule has 1 aliphatic rings. The maximum atomic E-state index is 12.8. The standard InChI is InChI=1S/C13H21N3O4S/c1-4-20-13(17)11-8-14-15-12(11)21(18,19)16-9(2)6-5-7-10(16)3/h8-10H,4-7H2,1-3H3,(H,14,15). The maximum absolute atomic E-state index is 12.8. The van der Waals surface area contributed by atoms with Crippen LogP contribution in [0.5, 0.6) is 0 Å². The molecule has 1 aliphatic heterocycles. The molecule has 2 unspecified atom stereocenters. The van der Waals surface area contributed by atoms with E-state index in [2.05, 4.69) is 10.2 Å². The van der Waals surface area contributed by atoms with Gasteiger partial charge < -0.3 is 4.74 Å². The van der Waals surface area contributed by atoms with Gasteiger partial charge in [-0.3, -0.25) is 5.10 Å².